The fourth-order valence-electron chi connectivity index (χ4n) is 2.79. The molecule has 4 unspecified atom stereocenters. The number of hydrogen-bond acceptors (Lipinski definition) is 6. The number of rotatable bonds is 0. The third-order valence-corrected chi connectivity index (χ3v) is 3.76. The van der Waals surface area contributed by atoms with Gasteiger partial charge < -0.3 is 9.47 Å². The summed E-state index contributed by atoms with van der Waals surface area (Å²) >= 11 is 0. The van der Waals surface area contributed by atoms with Gasteiger partial charge >= 0.3 is 23.9 Å². The highest BCUT2D eigenvalue weighted by Gasteiger charge is 2.90. The molecule has 1 saturated carbocycles. The van der Waals surface area contributed by atoms with Crippen LogP contribution in [0, 0.1) is 17.3 Å². The topological polar surface area (TPSA) is 86.7 Å². The molecule has 2 heterocycles. The zero-order chi connectivity index (χ0) is 11.9. The summed E-state index contributed by atoms with van der Waals surface area (Å²) in [5.41, 5.74) is -4.67. The van der Waals surface area contributed by atoms with Gasteiger partial charge in [-0.25, -0.2) is 9.18 Å². The van der Waals surface area contributed by atoms with Crippen molar-refractivity contribution >= 4 is 23.9 Å². The number of carbonyl (C=O) groups excluding carboxylic acids is 4. The van der Waals surface area contributed by atoms with Gasteiger partial charge in [0.2, 0.25) is 5.67 Å². The number of halogens is 1. The van der Waals surface area contributed by atoms with Crippen LogP contribution in [0.4, 0.5) is 4.39 Å². The number of fused-ring (bicyclic) bond motifs is 4. The Hall–Kier alpha value is -1.79. The predicted molar refractivity (Wildman–Crippen MR) is 41.1 cm³/mol. The molecule has 0 spiro atoms. The summed E-state index contributed by atoms with van der Waals surface area (Å²) in [6.07, 6.45) is 0. The van der Waals surface area contributed by atoms with Crippen LogP contribution >= 0.6 is 0 Å². The van der Waals surface area contributed by atoms with E-state index in [-0.39, 0.29) is 0 Å². The fraction of sp³-hybridized carbons (Fsp3) is 0.556. The first kappa shape index (κ1) is 9.44. The van der Waals surface area contributed by atoms with Gasteiger partial charge in [-0.15, -0.1) is 0 Å². The maximum atomic E-state index is 14.4. The first-order chi connectivity index (χ1) is 7.35. The molecule has 3 aliphatic rings. The van der Waals surface area contributed by atoms with Gasteiger partial charge in [0, 0.05) is 0 Å². The largest absolute Gasteiger partial charge is 0.392 e. The maximum Gasteiger partial charge on any atom is 0.353 e. The van der Waals surface area contributed by atoms with Gasteiger partial charge in [0.25, 0.3) is 0 Å². The van der Waals surface area contributed by atoms with Crippen molar-refractivity contribution in [1.82, 2.24) is 0 Å². The van der Waals surface area contributed by atoms with E-state index in [1.54, 1.807) is 0 Å². The van der Waals surface area contributed by atoms with Crippen molar-refractivity contribution in [2.24, 2.45) is 17.3 Å². The quantitative estimate of drug-likeness (QED) is 0.395. The van der Waals surface area contributed by atoms with E-state index in [1.807, 2.05) is 0 Å². The lowest BCUT2D eigenvalue weighted by molar-refractivity contribution is -0.192. The van der Waals surface area contributed by atoms with Gasteiger partial charge in [0.05, 0.1) is 5.92 Å². The van der Waals surface area contributed by atoms with E-state index in [1.165, 1.54) is 0 Å². The van der Waals surface area contributed by atoms with Crippen LogP contribution < -0.4 is 0 Å². The van der Waals surface area contributed by atoms with Gasteiger partial charge in [0.15, 0.2) is 0 Å². The van der Waals surface area contributed by atoms with Gasteiger partial charge in [-0.1, -0.05) is 0 Å². The van der Waals surface area contributed by atoms with Crippen LogP contribution in [0.15, 0.2) is 0 Å². The average molecular weight is 228 g/mol. The molecule has 0 N–H and O–H groups in total. The standard InChI is InChI=1S/C9H5FO6/c1-8-2(4(11)15-6(8)13)3-5(12)16-7(14)9(3,8)10/h2-3H,1H3. The molecule has 7 heteroatoms. The molecule has 0 aromatic carbocycles. The summed E-state index contributed by atoms with van der Waals surface area (Å²) < 4.78 is 22.8. The van der Waals surface area contributed by atoms with Crippen LogP contribution in [0.5, 0.6) is 0 Å². The van der Waals surface area contributed by atoms with Crippen molar-refractivity contribution in [3.8, 4) is 0 Å². The van der Waals surface area contributed by atoms with E-state index in [2.05, 4.69) is 9.47 Å². The molecular formula is C9H5FO6. The zero-order valence-electron chi connectivity index (χ0n) is 7.98. The van der Waals surface area contributed by atoms with Crippen molar-refractivity contribution in [1.29, 1.82) is 0 Å². The summed E-state index contributed by atoms with van der Waals surface area (Å²) in [6, 6.07) is 0. The van der Waals surface area contributed by atoms with Crippen LogP contribution in [-0.2, 0) is 28.7 Å². The summed E-state index contributed by atoms with van der Waals surface area (Å²) in [6.45, 7) is 1.10. The van der Waals surface area contributed by atoms with Gasteiger partial charge in [-0.05, 0) is 6.92 Å². The molecule has 0 bridgehead atoms. The first-order valence-corrected chi connectivity index (χ1v) is 4.56. The first-order valence-electron chi connectivity index (χ1n) is 4.56. The van der Waals surface area contributed by atoms with Crippen molar-refractivity contribution in [2.45, 2.75) is 12.6 Å². The minimum absolute atomic E-state index is 0.975. The molecule has 6 nitrogen and oxygen atoms in total. The van der Waals surface area contributed by atoms with E-state index in [9.17, 15) is 23.6 Å². The van der Waals surface area contributed by atoms with Crippen LogP contribution in [0.1, 0.15) is 6.92 Å². The number of carbonyl (C=O) groups is 4. The molecule has 0 radical (unpaired) electrons. The fourth-order valence-corrected chi connectivity index (χ4v) is 2.79. The molecule has 2 aliphatic heterocycles. The Labute approximate surface area is 87.7 Å². The van der Waals surface area contributed by atoms with Gasteiger partial charge in [-0.2, -0.15) is 0 Å². The smallest absolute Gasteiger partial charge is 0.353 e. The number of hydrogen-bond donors (Lipinski definition) is 0. The molecule has 3 rings (SSSR count). The number of ether oxygens (including phenoxy) is 2. The SMILES string of the molecule is CC12C(=O)OC(=O)C1C1C(=O)OC(=O)C12F. The number of cyclic esters (lactones) is 4. The normalized spacial score (nSPS) is 49.4. The molecule has 0 aromatic rings. The minimum atomic E-state index is -2.75. The lowest BCUT2D eigenvalue weighted by Crippen LogP contribution is -2.70. The second kappa shape index (κ2) is 2.16. The lowest BCUT2D eigenvalue weighted by Gasteiger charge is -2.47. The average Bonchev–Trinajstić information content (AvgIpc) is 2.49. The van der Waals surface area contributed by atoms with E-state index in [0.29, 0.717) is 0 Å². The zero-order valence-corrected chi connectivity index (χ0v) is 7.98. The predicted octanol–water partition coefficient (Wildman–Crippen LogP) is -0.886. The van der Waals surface area contributed by atoms with Crippen molar-refractivity contribution in [3.05, 3.63) is 0 Å². The second-order valence-electron chi connectivity index (χ2n) is 4.29. The van der Waals surface area contributed by atoms with E-state index < -0.39 is 46.8 Å². The highest BCUT2D eigenvalue weighted by atomic mass is 19.1. The Balaban J connectivity index is 2.21. The molecule has 0 aromatic heterocycles. The van der Waals surface area contributed by atoms with Crippen LogP contribution in [0.2, 0.25) is 0 Å². The monoisotopic (exact) mass is 228 g/mol. The van der Waals surface area contributed by atoms with E-state index in [4.69, 9.17) is 0 Å². The van der Waals surface area contributed by atoms with Crippen LogP contribution in [0.3, 0.4) is 0 Å². The Morgan fingerprint density at radius 2 is 1.50 bits per heavy atom. The van der Waals surface area contributed by atoms with E-state index >= 15 is 0 Å². The molecule has 2 saturated heterocycles. The third-order valence-electron chi connectivity index (χ3n) is 3.76. The highest BCUT2D eigenvalue weighted by molar-refractivity contribution is 6.16. The molecule has 3 fully saturated rings. The summed E-state index contributed by atoms with van der Waals surface area (Å²) in [5, 5.41) is 0. The van der Waals surface area contributed by atoms with Crippen molar-refractivity contribution in [2.75, 3.05) is 0 Å². The van der Waals surface area contributed by atoms with Crippen LogP contribution in [0.25, 0.3) is 0 Å². The Morgan fingerprint density at radius 3 is 2.12 bits per heavy atom. The molecular weight excluding hydrogens is 223 g/mol. The van der Waals surface area contributed by atoms with E-state index in [0.717, 1.165) is 6.92 Å². The van der Waals surface area contributed by atoms with Gasteiger partial charge in [0.1, 0.15) is 11.3 Å². The second-order valence-corrected chi connectivity index (χ2v) is 4.29. The van der Waals surface area contributed by atoms with Crippen LogP contribution in [-0.4, -0.2) is 29.5 Å². The molecule has 0 amide bonds. The summed E-state index contributed by atoms with van der Waals surface area (Å²) in [4.78, 5) is 45.0. The lowest BCUT2D eigenvalue weighted by atomic mass is 9.47. The summed E-state index contributed by atoms with van der Waals surface area (Å²) in [5.74, 6) is -7.40. The number of esters is 4. The molecule has 1 aliphatic carbocycles. The molecule has 16 heavy (non-hydrogen) atoms. The number of alkyl halides is 1. The Bertz CT molecular complexity index is 440. The Kier molecular flexibility index (Phi) is 1.27. The van der Waals surface area contributed by atoms with Crippen molar-refractivity contribution < 1.29 is 33.0 Å². The molecule has 84 valence electrons. The molecule has 4 atom stereocenters. The van der Waals surface area contributed by atoms with Crippen molar-refractivity contribution in [3.63, 3.8) is 0 Å². The minimum Gasteiger partial charge on any atom is -0.392 e. The summed E-state index contributed by atoms with van der Waals surface area (Å²) in [7, 11) is 0. The third kappa shape index (κ3) is 0.585. The maximum absolute atomic E-state index is 14.4. The Morgan fingerprint density at radius 1 is 1.00 bits per heavy atom. The van der Waals surface area contributed by atoms with Gasteiger partial charge in [-0.3, -0.25) is 14.4 Å². The highest BCUT2D eigenvalue weighted by Crippen LogP contribution is 2.67.